The number of amides is 1. The molecule has 0 aliphatic carbocycles. The largest absolute Gasteiger partial charge is 0.287 e. The Morgan fingerprint density at radius 1 is 1.21 bits per heavy atom. The Morgan fingerprint density at radius 2 is 1.92 bits per heavy atom. The monoisotopic (exact) mass is 356 g/mol. The number of halogens is 1. The fourth-order valence-electron chi connectivity index (χ4n) is 2.33. The first-order valence-electron chi connectivity index (χ1n) is 7.67. The van der Waals surface area contributed by atoms with Crippen LogP contribution in [0, 0.1) is 0 Å². The summed E-state index contributed by atoms with van der Waals surface area (Å²) in [5.41, 5.74) is 1.79. The number of hydrogen-bond acceptors (Lipinski definition) is 3. The highest BCUT2D eigenvalue weighted by atomic mass is 35.5. The van der Waals surface area contributed by atoms with Crippen LogP contribution in [0.5, 0.6) is 0 Å². The number of hydrogen-bond donors (Lipinski definition) is 0. The Morgan fingerprint density at radius 3 is 2.62 bits per heavy atom. The van der Waals surface area contributed by atoms with Crippen LogP contribution in [0.2, 0.25) is 5.02 Å². The van der Waals surface area contributed by atoms with Gasteiger partial charge >= 0.3 is 0 Å². The van der Waals surface area contributed by atoms with Gasteiger partial charge in [-0.05, 0) is 35.9 Å². The van der Waals surface area contributed by atoms with E-state index in [1.165, 1.54) is 0 Å². The topological polar surface area (TPSA) is 32.7 Å². The predicted molar refractivity (Wildman–Crippen MR) is 103 cm³/mol. The first-order chi connectivity index (χ1) is 11.6. The van der Waals surface area contributed by atoms with Gasteiger partial charge in [-0.15, -0.1) is 0 Å². The summed E-state index contributed by atoms with van der Waals surface area (Å²) in [5.74, 6) is -0.0524. The molecule has 2 aromatic rings. The lowest BCUT2D eigenvalue weighted by molar-refractivity contribution is -0.122. The molecule has 1 amide bonds. The van der Waals surface area contributed by atoms with Gasteiger partial charge in [0.1, 0.15) is 0 Å². The van der Waals surface area contributed by atoms with Gasteiger partial charge < -0.3 is 0 Å². The number of carbonyl (C=O) groups is 1. The van der Waals surface area contributed by atoms with E-state index in [9.17, 15) is 4.79 Å². The van der Waals surface area contributed by atoms with Gasteiger partial charge in [0.2, 0.25) is 0 Å². The van der Waals surface area contributed by atoms with Crippen molar-refractivity contribution >= 4 is 46.2 Å². The van der Waals surface area contributed by atoms with Crippen LogP contribution in [0.15, 0.2) is 65.7 Å². The molecule has 0 saturated carbocycles. The highest BCUT2D eigenvalue weighted by Crippen LogP contribution is 2.29. The van der Waals surface area contributed by atoms with Crippen LogP contribution in [-0.4, -0.2) is 27.8 Å². The van der Waals surface area contributed by atoms with Gasteiger partial charge in [0.25, 0.3) is 5.91 Å². The minimum atomic E-state index is -0.0524. The average Bonchev–Trinajstić information content (AvgIpc) is 2.96. The summed E-state index contributed by atoms with van der Waals surface area (Å²) in [6.07, 6.45) is 3.43. The molecule has 0 unspecified atom stereocenters. The molecule has 1 aliphatic heterocycles. The maximum Gasteiger partial charge on any atom is 0.252 e. The summed E-state index contributed by atoms with van der Waals surface area (Å²) in [5, 5.41) is 1.72. The third-order valence-electron chi connectivity index (χ3n) is 3.51. The van der Waals surface area contributed by atoms with Crippen LogP contribution < -0.4 is 0 Å². The van der Waals surface area contributed by atoms with Crippen LogP contribution in [0.25, 0.3) is 6.08 Å². The van der Waals surface area contributed by atoms with Crippen LogP contribution in [0.1, 0.15) is 12.5 Å². The molecule has 0 aromatic heterocycles. The zero-order chi connectivity index (χ0) is 16.9. The Balaban J connectivity index is 1.78. The van der Waals surface area contributed by atoms with Gasteiger partial charge in [-0.3, -0.25) is 9.69 Å². The van der Waals surface area contributed by atoms with Crippen LogP contribution in [-0.2, 0) is 4.79 Å². The molecule has 3 rings (SSSR count). The molecule has 0 N–H and O–H groups in total. The minimum absolute atomic E-state index is 0.0524. The van der Waals surface area contributed by atoms with E-state index in [2.05, 4.69) is 11.9 Å². The van der Waals surface area contributed by atoms with Crippen LogP contribution in [0.3, 0.4) is 0 Å². The second kappa shape index (κ2) is 7.69. The van der Waals surface area contributed by atoms with Crippen molar-refractivity contribution in [2.45, 2.75) is 12.2 Å². The minimum Gasteiger partial charge on any atom is -0.287 e. The molecule has 1 saturated heterocycles. The Hall–Kier alpha value is -2.04. The summed E-state index contributed by atoms with van der Waals surface area (Å²) >= 11 is 7.51. The van der Waals surface area contributed by atoms with Gasteiger partial charge in [-0.2, -0.15) is 0 Å². The number of carbonyl (C=O) groups excluding carboxylic acids is 1. The standard InChI is InChI=1S/C19H17ClN2OS/c1-14-13-22(18(23)12-7-15-5-3-2-4-6-15)19(24-14)21-17-10-8-16(20)9-11-17/h2-12,14H,13H2,1H3/b12-7+,21-19?/t14-/m0/s1. The van der Waals surface area contributed by atoms with Gasteiger partial charge in [0, 0.05) is 22.9 Å². The molecule has 0 bridgehead atoms. The SMILES string of the molecule is C[C@H]1CN(C(=O)/C=C/c2ccccc2)C(=Nc2ccc(Cl)cc2)S1. The Bertz CT molecular complexity index is 772. The fourth-order valence-corrected chi connectivity index (χ4v) is 3.49. The highest BCUT2D eigenvalue weighted by molar-refractivity contribution is 8.14. The Labute approximate surface area is 151 Å². The quantitative estimate of drug-likeness (QED) is 0.724. The molecule has 0 spiro atoms. The van der Waals surface area contributed by atoms with E-state index in [4.69, 9.17) is 11.6 Å². The van der Waals surface area contributed by atoms with Crippen molar-refractivity contribution in [1.29, 1.82) is 0 Å². The molecule has 1 atom stereocenters. The van der Waals surface area contributed by atoms with E-state index in [0.717, 1.165) is 16.4 Å². The van der Waals surface area contributed by atoms with Crippen molar-refractivity contribution < 1.29 is 4.79 Å². The van der Waals surface area contributed by atoms with Gasteiger partial charge in [-0.25, -0.2) is 4.99 Å². The summed E-state index contributed by atoms with van der Waals surface area (Å²) in [6, 6.07) is 17.1. The van der Waals surface area contributed by atoms with Gasteiger partial charge in [0.15, 0.2) is 5.17 Å². The number of aliphatic imine (C=N–C) groups is 1. The lowest BCUT2D eigenvalue weighted by atomic mass is 10.2. The number of nitrogens with zero attached hydrogens (tertiary/aromatic N) is 2. The zero-order valence-corrected chi connectivity index (χ0v) is 14.8. The molecule has 24 heavy (non-hydrogen) atoms. The molecule has 5 heteroatoms. The molecule has 1 aliphatic rings. The van der Waals surface area contributed by atoms with Gasteiger partial charge in [0.05, 0.1) is 5.69 Å². The van der Waals surface area contributed by atoms with Crippen molar-refractivity contribution in [3.63, 3.8) is 0 Å². The zero-order valence-electron chi connectivity index (χ0n) is 13.2. The van der Waals surface area contributed by atoms with Crippen LogP contribution in [0.4, 0.5) is 5.69 Å². The Kier molecular flexibility index (Phi) is 5.38. The normalized spacial score (nSPS) is 19.3. The molecule has 1 fully saturated rings. The van der Waals surface area contributed by atoms with E-state index in [-0.39, 0.29) is 5.91 Å². The van der Waals surface area contributed by atoms with Crippen LogP contribution >= 0.6 is 23.4 Å². The van der Waals surface area contributed by atoms with E-state index in [1.54, 1.807) is 34.9 Å². The molecule has 1 heterocycles. The molecule has 122 valence electrons. The second-order valence-electron chi connectivity index (χ2n) is 5.49. The first-order valence-corrected chi connectivity index (χ1v) is 8.93. The summed E-state index contributed by atoms with van der Waals surface area (Å²) < 4.78 is 0. The van der Waals surface area contributed by atoms with Crippen molar-refractivity contribution in [3.8, 4) is 0 Å². The lowest BCUT2D eigenvalue weighted by Gasteiger charge is -2.13. The maximum atomic E-state index is 12.5. The van der Waals surface area contributed by atoms with E-state index < -0.39 is 0 Å². The van der Waals surface area contributed by atoms with E-state index in [1.807, 2.05) is 48.5 Å². The summed E-state index contributed by atoms with van der Waals surface area (Å²) in [7, 11) is 0. The smallest absolute Gasteiger partial charge is 0.252 e. The predicted octanol–water partition coefficient (Wildman–Crippen LogP) is 5.00. The number of amidine groups is 1. The van der Waals surface area contributed by atoms with Crippen molar-refractivity contribution in [2.24, 2.45) is 4.99 Å². The first kappa shape index (κ1) is 16.8. The van der Waals surface area contributed by atoms with Gasteiger partial charge in [-0.1, -0.05) is 60.6 Å². The van der Waals surface area contributed by atoms with E-state index in [0.29, 0.717) is 16.8 Å². The number of benzene rings is 2. The molecular weight excluding hydrogens is 340 g/mol. The summed E-state index contributed by atoms with van der Waals surface area (Å²) in [4.78, 5) is 18.9. The second-order valence-corrected chi connectivity index (χ2v) is 7.33. The molecular formula is C19H17ClN2OS. The molecule has 3 nitrogen and oxygen atoms in total. The number of thioether (sulfide) groups is 1. The van der Waals surface area contributed by atoms with Crippen molar-refractivity contribution in [2.75, 3.05) is 6.54 Å². The van der Waals surface area contributed by atoms with Crippen molar-refractivity contribution in [3.05, 3.63) is 71.3 Å². The average molecular weight is 357 g/mol. The maximum absolute atomic E-state index is 12.5. The third kappa shape index (κ3) is 4.28. The molecule has 0 radical (unpaired) electrons. The molecule has 2 aromatic carbocycles. The lowest BCUT2D eigenvalue weighted by Crippen LogP contribution is -2.30. The van der Waals surface area contributed by atoms with E-state index >= 15 is 0 Å². The fraction of sp³-hybridized carbons (Fsp3) is 0.158. The number of rotatable bonds is 3. The summed E-state index contributed by atoms with van der Waals surface area (Å²) in [6.45, 7) is 2.76. The van der Waals surface area contributed by atoms with Crippen molar-refractivity contribution in [1.82, 2.24) is 4.90 Å². The third-order valence-corrected chi connectivity index (χ3v) is 4.84. The highest BCUT2D eigenvalue weighted by Gasteiger charge is 2.29.